The summed E-state index contributed by atoms with van der Waals surface area (Å²) in [6.07, 6.45) is 5.72. The molecule has 1 aromatic rings. The van der Waals surface area contributed by atoms with E-state index >= 15 is 0 Å². The predicted molar refractivity (Wildman–Crippen MR) is 119 cm³/mol. The van der Waals surface area contributed by atoms with Crippen molar-refractivity contribution in [2.75, 3.05) is 19.8 Å². The summed E-state index contributed by atoms with van der Waals surface area (Å²) < 4.78 is 13.6. The summed E-state index contributed by atoms with van der Waals surface area (Å²) in [5.41, 5.74) is 2.08. The first-order chi connectivity index (χ1) is 12.4. The lowest BCUT2D eigenvalue weighted by Gasteiger charge is -2.15. The summed E-state index contributed by atoms with van der Waals surface area (Å²) >= 11 is 10.3. The van der Waals surface area contributed by atoms with Crippen LogP contribution in [0.25, 0.3) is 0 Å². The lowest BCUT2D eigenvalue weighted by atomic mass is 10.1. The number of aryl methyl sites for hydroxylation is 1. The van der Waals surface area contributed by atoms with Crippen LogP contribution in [-0.2, 0) is 11.3 Å². The van der Waals surface area contributed by atoms with Crippen molar-refractivity contribution in [2.24, 2.45) is 5.16 Å². The summed E-state index contributed by atoms with van der Waals surface area (Å²) in [5.74, 6) is 1.73. The molecule has 0 atom stereocenters. The number of nitrogens with zero attached hydrogens (tertiary/aromatic N) is 1. The molecule has 0 aliphatic carbocycles. The largest absolute Gasteiger partial charge is 0.492 e. The highest BCUT2D eigenvalue weighted by molar-refractivity contribution is 9.28. The van der Waals surface area contributed by atoms with E-state index in [9.17, 15) is 0 Å². The van der Waals surface area contributed by atoms with Gasteiger partial charge in [0, 0.05) is 0 Å². The number of hydrogen-bond donors (Lipinski definition) is 0. The molecule has 0 fully saturated rings. The van der Waals surface area contributed by atoms with Crippen molar-refractivity contribution in [3.63, 3.8) is 0 Å². The van der Waals surface area contributed by atoms with Crippen molar-refractivity contribution in [1.82, 2.24) is 0 Å². The SMILES string of the molecule is CCCc1cc(OCC=C(Br)Br)cc(Br)c1OCCCCON=C(C)C. The lowest BCUT2D eigenvalue weighted by molar-refractivity contribution is 0.135. The third-order valence-corrected chi connectivity index (χ3v) is 4.46. The van der Waals surface area contributed by atoms with E-state index < -0.39 is 0 Å². The Labute approximate surface area is 181 Å². The molecule has 0 spiro atoms. The summed E-state index contributed by atoms with van der Waals surface area (Å²) in [6, 6.07) is 4.01. The maximum absolute atomic E-state index is 6.03. The first-order valence-electron chi connectivity index (χ1n) is 8.66. The number of oxime groups is 1. The molecule has 0 bridgehead atoms. The molecule has 146 valence electrons. The smallest absolute Gasteiger partial charge is 0.136 e. The Balaban J connectivity index is 2.60. The molecule has 0 unspecified atom stereocenters. The van der Waals surface area contributed by atoms with E-state index in [4.69, 9.17) is 14.3 Å². The average molecular weight is 556 g/mol. The van der Waals surface area contributed by atoms with Gasteiger partial charge in [-0.2, -0.15) is 0 Å². The van der Waals surface area contributed by atoms with Crippen molar-refractivity contribution >= 4 is 53.5 Å². The zero-order valence-electron chi connectivity index (χ0n) is 15.5. The molecule has 0 heterocycles. The maximum atomic E-state index is 6.03. The number of unbranched alkanes of at least 4 members (excludes halogenated alkanes) is 1. The van der Waals surface area contributed by atoms with Crippen molar-refractivity contribution in [2.45, 2.75) is 46.5 Å². The summed E-state index contributed by atoms with van der Waals surface area (Å²) in [6.45, 7) is 7.73. The van der Waals surface area contributed by atoms with Crippen molar-refractivity contribution in [3.8, 4) is 11.5 Å². The molecule has 1 aromatic carbocycles. The third kappa shape index (κ3) is 9.97. The van der Waals surface area contributed by atoms with Gasteiger partial charge in [0.25, 0.3) is 0 Å². The number of ether oxygens (including phenoxy) is 2. The summed E-state index contributed by atoms with van der Waals surface area (Å²) in [5, 5.41) is 3.92. The van der Waals surface area contributed by atoms with E-state index in [0.29, 0.717) is 19.8 Å². The van der Waals surface area contributed by atoms with Gasteiger partial charge in [0.2, 0.25) is 0 Å². The molecular formula is C19H26Br3NO3. The number of rotatable bonds is 12. The molecular weight excluding hydrogens is 530 g/mol. The van der Waals surface area contributed by atoms with Gasteiger partial charge in [0.1, 0.15) is 24.7 Å². The van der Waals surface area contributed by atoms with Crippen LogP contribution in [0.5, 0.6) is 11.5 Å². The van der Waals surface area contributed by atoms with Gasteiger partial charge >= 0.3 is 0 Å². The zero-order valence-corrected chi connectivity index (χ0v) is 20.2. The minimum absolute atomic E-state index is 0.490. The molecule has 0 N–H and O–H groups in total. The molecule has 26 heavy (non-hydrogen) atoms. The second kappa shape index (κ2) is 13.6. The van der Waals surface area contributed by atoms with E-state index in [2.05, 4.69) is 65.9 Å². The highest BCUT2D eigenvalue weighted by atomic mass is 79.9. The van der Waals surface area contributed by atoms with Crippen LogP contribution in [0, 0.1) is 0 Å². The molecule has 0 aliphatic rings. The first kappa shape index (κ1) is 23.5. The van der Waals surface area contributed by atoms with Gasteiger partial charge < -0.3 is 14.3 Å². The van der Waals surface area contributed by atoms with Gasteiger partial charge in [-0.05, 0) is 105 Å². The van der Waals surface area contributed by atoms with Gasteiger partial charge in [-0.1, -0.05) is 18.5 Å². The van der Waals surface area contributed by atoms with Crippen LogP contribution >= 0.6 is 47.8 Å². The monoisotopic (exact) mass is 553 g/mol. The standard InChI is InChI=1S/C19H26Br3NO3/c1-4-7-15-12-16(24-11-8-18(21)22)13-17(20)19(15)25-9-5-6-10-26-23-14(2)3/h8,12-13H,4-7,9-11H2,1-3H3. The Morgan fingerprint density at radius 3 is 2.50 bits per heavy atom. The lowest BCUT2D eigenvalue weighted by Crippen LogP contribution is -2.04. The van der Waals surface area contributed by atoms with E-state index in [1.54, 1.807) is 0 Å². The van der Waals surface area contributed by atoms with E-state index in [0.717, 1.165) is 56.3 Å². The van der Waals surface area contributed by atoms with Crippen molar-refractivity contribution in [1.29, 1.82) is 0 Å². The highest BCUT2D eigenvalue weighted by Gasteiger charge is 2.11. The van der Waals surface area contributed by atoms with Crippen LogP contribution in [0.3, 0.4) is 0 Å². The van der Waals surface area contributed by atoms with E-state index in [1.807, 2.05) is 26.0 Å². The fraction of sp³-hybridized carbons (Fsp3) is 0.526. The Morgan fingerprint density at radius 1 is 1.12 bits per heavy atom. The normalized spacial score (nSPS) is 10.2. The van der Waals surface area contributed by atoms with E-state index in [1.165, 1.54) is 0 Å². The number of hydrogen-bond acceptors (Lipinski definition) is 4. The van der Waals surface area contributed by atoms with Crippen LogP contribution < -0.4 is 9.47 Å². The average Bonchev–Trinajstić information content (AvgIpc) is 2.55. The quantitative estimate of drug-likeness (QED) is 0.159. The number of halogens is 3. The molecule has 0 aromatic heterocycles. The Hall–Kier alpha value is -0.530. The van der Waals surface area contributed by atoms with E-state index in [-0.39, 0.29) is 0 Å². The predicted octanol–water partition coefficient (Wildman–Crippen LogP) is 6.98. The Morgan fingerprint density at radius 2 is 1.85 bits per heavy atom. The molecule has 1 rings (SSSR count). The zero-order chi connectivity index (χ0) is 19.4. The topological polar surface area (TPSA) is 40.0 Å². The molecule has 0 saturated carbocycles. The van der Waals surface area contributed by atoms with Crippen LogP contribution in [0.4, 0.5) is 0 Å². The minimum atomic E-state index is 0.490. The van der Waals surface area contributed by atoms with Crippen molar-refractivity contribution in [3.05, 3.63) is 31.6 Å². The molecule has 0 saturated heterocycles. The van der Waals surface area contributed by atoms with Crippen LogP contribution in [0.15, 0.2) is 31.2 Å². The van der Waals surface area contributed by atoms with Crippen molar-refractivity contribution < 1.29 is 14.3 Å². The van der Waals surface area contributed by atoms with Crippen LogP contribution in [0.1, 0.15) is 45.6 Å². The van der Waals surface area contributed by atoms with Gasteiger partial charge in [-0.25, -0.2) is 0 Å². The fourth-order valence-electron chi connectivity index (χ4n) is 2.14. The fourth-order valence-corrected chi connectivity index (χ4v) is 3.00. The minimum Gasteiger partial charge on any atom is -0.492 e. The van der Waals surface area contributed by atoms with Gasteiger partial charge in [-0.15, -0.1) is 0 Å². The maximum Gasteiger partial charge on any atom is 0.136 e. The van der Waals surface area contributed by atoms with Gasteiger partial charge in [0.15, 0.2) is 0 Å². The molecule has 4 nitrogen and oxygen atoms in total. The molecule has 7 heteroatoms. The third-order valence-electron chi connectivity index (χ3n) is 3.22. The Kier molecular flexibility index (Phi) is 12.3. The first-order valence-corrected chi connectivity index (χ1v) is 11.0. The van der Waals surface area contributed by atoms with Gasteiger partial charge in [-0.3, -0.25) is 0 Å². The highest BCUT2D eigenvalue weighted by Crippen LogP contribution is 2.35. The molecule has 0 amide bonds. The van der Waals surface area contributed by atoms with Crippen LogP contribution in [0.2, 0.25) is 0 Å². The second-order valence-corrected chi connectivity index (χ2v) is 9.50. The second-order valence-electron chi connectivity index (χ2n) is 5.88. The molecule has 0 aliphatic heterocycles. The number of benzene rings is 1. The summed E-state index contributed by atoms with van der Waals surface area (Å²) in [4.78, 5) is 5.20. The van der Waals surface area contributed by atoms with Gasteiger partial charge in [0.05, 0.1) is 20.2 Å². The summed E-state index contributed by atoms with van der Waals surface area (Å²) in [7, 11) is 0. The Bertz CT molecular complexity index is 610. The van der Waals surface area contributed by atoms with Crippen LogP contribution in [-0.4, -0.2) is 25.5 Å². The molecule has 0 radical (unpaired) electrons.